The number of hydrogen-bond acceptors (Lipinski definition) is 4. The van der Waals surface area contributed by atoms with E-state index in [0.29, 0.717) is 18.0 Å². The van der Waals surface area contributed by atoms with Crippen molar-refractivity contribution in [3.05, 3.63) is 54.7 Å². The molecule has 1 aromatic heterocycles. The van der Waals surface area contributed by atoms with Gasteiger partial charge in [-0.05, 0) is 31.0 Å². The molecule has 2 bridgehead atoms. The Labute approximate surface area is 130 Å². The lowest BCUT2D eigenvalue weighted by atomic mass is 10.0. The van der Waals surface area contributed by atoms with Crippen LogP contribution in [0.5, 0.6) is 11.6 Å². The third-order valence-corrected chi connectivity index (χ3v) is 4.51. The first-order chi connectivity index (χ1) is 10.9. The van der Waals surface area contributed by atoms with Crippen LogP contribution in [0, 0.1) is 0 Å². The van der Waals surface area contributed by atoms with Gasteiger partial charge in [0.15, 0.2) is 0 Å². The summed E-state index contributed by atoms with van der Waals surface area (Å²) in [6, 6.07) is 16.7. The molecule has 4 heteroatoms. The van der Waals surface area contributed by atoms with Gasteiger partial charge < -0.3 is 9.57 Å². The lowest BCUT2D eigenvalue weighted by molar-refractivity contribution is -0.140. The lowest BCUT2D eigenvalue weighted by Gasteiger charge is -2.37. The number of fused-ring (bicyclic) bond motifs is 2. The van der Waals surface area contributed by atoms with Crippen LogP contribution in [0.4, 0.5) is 0 Å². The van der Waals surface area contributed by atoms with E-state index in [1.807, 2.05) is 48.5 Å². The number of pyridine rings is 1. The number of piperidine rings is 1. The smallest absolute Gasteiger partial charge is 0.238 e. The molecule has 2 fully saturated rings. The van der Waals surface area contributed by atoms with E-state index in [1.54, 1.807) is 6.20 Å². The molecule has 3 heterocycles. The number of hydroxylamine groups is 2. The van der Waals surface area contributed by atoms with E-state index < -0.39 is 0 Å². The Kier molecular flexibility index (Phi) is 3.69. The van der Waals surface area contributed by atoms with E-state index in [1.165, 1.54) is 12.8 Å². The summed E-state index contributed by atoms with van der Waals surface area (Å²) in [4.78, 5) is 10.3. The second-order valence-electron chi connectivity index (χ2n) is 6.03. The predicted molar refractivity (Wildman–Crippen MR) is 83.6 cm³/mol. The lowest BCUT2D eigenvalue weighted by Crippen LogP contribution is -2.48. The van der Waals surface area contributed by atoms with Crippen LogP contribution < -0.4 is 9.57 Å². The standard InChI is InChI=1S/C18H20N2O2/c1-2-6-16(7-3-1)21-17-12-14-9-10-15(13-17)20(14)22-18-8-4-5-11-19-18/h1-8,11,14-15,17H,9-10,12-13H2/t14-,15+,17+. The van der Waals surface area contributed by atoms with Gasteiger partial charge in [-0.15, -0.1) is 5.06 Å². The number of para-hydroxylation sites is 1. The number of nitrogens with zero attached hydrogens (tertiary/aromatic N) is 2. The molecule has 114 valence electrons. The first-order valence-electron chi connectivity index (χ1n) is 7.97. The van der Waals surface area contributed by atoms with Gasteiger partial charge in [-0.3, -0.25) is 0 Å². The molecule has 1 aromatic carbocycles. The molecule has 0 N–H and O–H groups in total. The fourth-order valence-corrected chi connectivity index (χ4v) is 3.53. The van der Waals surface area contributed by atoms with Gasteiger partial charge >= 0.3 is 0 Å². The summed E-state index contributed by atoms with van der Waals surface area (Å²) in [7, 11) is 0. The van der Waals surface area contributed by atoms with E-state index >= 15 is 0 Å². The van der Waals surface area contributed by atoms with Crippen molar-refractivity contribution in [1.82, 2.24) is 10.0 Å². The molecule has 0 aliphatic carbocycles. The number of aromatic nitrogens is 1. The number of hydrogen-bond donors (Lipinski definition) is 0. The molecule has 2 aromatic rings. The highest BCUT2D eigenvalue weighted by molar-refractivity contribution is 5.21. The van der Waals surface area contributed by atoms with Crippen LogP contribution in [-0.4, -0.2) is 28.2 Å². The summed E-state index contributed by atoms with van der Waals surface area (Å²) < 4.78 is 6.14. The van der Waals surface area contributed by atoms with Gasteiger partial charge in [0.2, 0.25) is 5.88 Å². The molecule has 2 aliphatic heterocycles. The summed E-state index contributed by atoms with van der Waals surface area (Å²) in [6.07, 6.45) is 6.42. The Bertz CT molecular complexity index is 591. The van der Waals surface area contributed by atoms with Gasteiger partial charge in [-0.2, -0.15) is 0 Å². The summed E-state index contributed by atoms with van der Waals surface area (Å²) in [6.45, 7) is 0. The predicted octanol–water partition coefficient (Wildman–Crippen LogP) is 3.45. The summed E-state index contributed by atoms with van der Waals surface area (Å²) >= 11 is 0. The number of ether oxygens (including phenoxy) is 1. The zero-order valence-electron chi connectivity index (χ0n) is 12.5. The van der Waals surface area contributed by atoms with Crippen molar-refractivity contribution in [2.45, 2.75) is 43.9 Å². The molecule has 2 saturated heterocycles. The molecule has 4 rings (SSSR count). The first-order valence-corrected chi connectivity index (χ1v) is 7.97. The van der Waals surface area contributed by atoms with Gasteiger partial charge in [-0.25, -0.2) is 4.98 Å². The minimum atomic E-state index is 0.281. The van der Waals surface area contributed by atoms with E-state index in [-0.39, 0.29) is 6.10 Å². The Morgan fingerprint density at radius 3 is 2.32 bits per heavy atom. The first kappa shape index (κ1) is 13.6. The van der Waals surface area contributed by atoms with Crippen LogP contribution in [0.3, 0.4) is 0 Å². The Morgan fingerprint density at radius 2 is 1.64 bits per heavy atom. The molecular formula is C18H20N2O2. The molecule has 0 saturated carbocycles. The second kappa shape index (κ2) is 5.97. The minimum absolute atomic E-state index is 0.281. The monoisotopic (exact) mass is 296 g/mol. The zero-order chi connectivity index (χ0) is 14.8. The average Bonchev–Trinajstić information content (AvgIpc) is 2.80. The Morgan fingerprint density at radius 1 is 0.909 bits per heavy atom. The molecule has 22 heavy (non-hydrogen) atoms. The number of rotatable bonds is 4. The van der Waals surface area contributed by atoms with Crippen LogP contribution in [0.15, 0.2) is 54.7 Å². The SMILES string of the molecule is c1ccc(O[C@H]2C[C@H]3CC[C@@H](C2)N3Oc2ccccn2)cc1. The van der Waals surface area contributed by atoms with Gasteiger partial charge in [0.25, 0.3) is 0 Å². The number of benzene rings is 1. The van der Waals surface area contributed by atoms with E-state index in [4.69, 9.17) is 9.57 Å². The topological polar surface area (TPSA) is 34.6 Å². The maximum atomic E-state index is 6.14. The van der Waals surface area contributed by atoms with E-state index in [0.717, 1.165) is 18.6 Å². The van der Waals surface area contributed by atoms with Gasteiger partial charge in [-0.1, -0.05) is 24.3 Å². The highest BCUT2D eigenvalue weighted by Crippen LogP contribution is 2.37. The summed E-state index contributed by atoms with van der Waals surface area (Å²) in [5, 5.41) is 2.15. The van der Waals surface area contributed by atoms with Crippen molar-refractivity contribution >= 4 is 0 Å². The molecule has 0 unspecified atom stereocenters. The van der Waals surface area contributed by atoms with Crippen molar-refractivity contribution in [2.24, 2.45) is 0 Å². The quantitative estimate of drug-likeness (QED) is 0.865. The Hall–Kier alpha value is -2.07. The third kappa shape index (κ3) is 2.79. The summed E-state index contributed by atoms with van der Waals surface area (Å²) in [5.74, 6) is 1.65. The second-order valence-corrected chi connectivity index (χ2v) is 6.03. The van der Waals surface area contributed by atoms with Crippen LogP contribution in [-0.2, 0) is 0 Å². The molecule has 0 amide bonds. The molecule has 2 aliphatic rings. The van der Waals surface area contributed by atoms with Crippen molar-refractivity contribution in [2.75, 3.05) is 0 Å². The highest BCUT2D eigenvalue weighted by Gasteiger charge is 2.43. The van der Waals surface area contributed by atoms with Crippen molar-refractivity contribution in [3.63, 3.8) is 0 Å². The fraction of sp³-hybridized carbons (Fsp3) is 0.389. The average molecular weight is 296 g/mol. The van der Waals surface area contributed by atoms with Crippen LogP contribution in [0.2, 0.25) is 0 Å². The van der Waals surface area contributed by atoms with Crippen LogP contribution in [0.1, 0.15) is 25.7 Å². The minimum Gasteiger partial charge on any atom is -0.490 e. The zero-order valence-corrected chi connectivity index (χ0v) is 12.5. The molecule has 3 atom stereocenters. The van der Waals surface area contributed by atoms with Gasteiger partial charge in [0, 0.05) is 37.2 Å². The third-order valence-electron chi connectivity index (χ3n) is 4.51. The molecule has 4 nitrogen and oxygen atoms in total. The van der Waals surface area contributed by atoms with Crippen molar-refractivity contribution in [3.8, 4) is 11.6 Å². The van der Waals surface area contributed by atoms with Crippen LogP contribution in [0.25, 0.3) is 0 Å². The van der Waals surface area contributed by atoms with E-state index in [2.05, 4.69) is 10.0 Å². The van der Waals surface area contributed by atoms with Crippen molar-refractivity contribution < 1.29 is 9.57 Å². The molecule has 0 spiro atoms. The van der Waals surface area contributed by atoms with E-state index in [9.17, 15) is 0 Å². The molecular weight excluding hydrogens is 276 g/mol. The molecule has 0 radical (unpaired) electrons. The van der Waals surface area contributed by atoms with Crippen LogP contribution >= 0.6 is 0 Å². The van der Waals surface area contributed by atoms with Gasteiger partial charge in [0.1, 0.15) is 11.9 Å². The Balaban J connectivity index is 1.41. The fourth-order valence-electron chi connectivity index (χ4n) is 3.53. The van der Waals surface area contributed by atoms with Crippen molar-refractivity contribution in [1.29, 1.82) is 0 Å². The maximum Gasteiger partial charge on any atom is 0.238 e. The maximum absolute atomic E-state index is 6.14. The largest absolute Gasteiger partial charge is 0.490 e. The summed E-state index contributed by atoms with van der Waals surface area (Å²) in [5.41, 5.74) is 0. The van der Waals surface area contributed by atoms with Gasteiger partial charge in [0.05, 0.1) is 0 Å². The normalized spacial score (nSPS) is 27.5. The highest BCUT2D eigenvalue weighted by atomic mass is 16.7.